The van der Waals surface area contributed by atoms with Crippen LogP contribution in [0.1, 0.15) is 36.8 Å². The lowest BCUT2D eigenvalue weighted by molar-refractivity contribution is -0.151. The predicted molar refractivity (Wildman–Crippen MR) is 122 cm³/mol. The minimum absolute atomic E-state index is 0.00316. The molecule has 1 heterocycles. The number of carbonyl (C=O) groups excluding carboxylic acids is 2. The summed E-state index contributed by atoms with van der Waals surface area (Å²) in [6.45, 7) is 0.377. The van der Waals surface area contributed by atoms with E-state index in [4.69, 9.17) is 27.9 Å². The van der Waals surface area contributed by atoms with Gasteiger partial charge in [0.2, 0.25) is 5.91 Å². The quantitative estimate of drug-likeness (QED) is 0.653. The molecule has 5 nitrogen and oxygen atoms in total. The number of rotatable bonds is 5. The highest BCUT2D eigenvalue weighted by Crippen LogP contribution is 2.33. The number of hydrogen-bond donors (Lipinski definition) is 1. The number of nitrogens with one attached hydrogen (secondary N) is 1. The fourth-order valence-electron chi connectivity index (χ4n) is 4.11. The van der Waals surface area contributed by atoms with E-state index in [1.165, 1.54) is 0 Å². The number of amides is 2. The Morgan fingerprint density at radius 1 is 1.10 bits per heavy atom. The zero-order valence-electron chi connectivity index (χ0n) is 17.0. The van der Waals surface area contributed by atoms with Gasteiger partial charge in [0, 0.05) is 16.6 Å². The third-order valence-corrected chi connectivity index (χ3v) is 6.32. The molecule has 2 atom stereocenters. The van der Waals surface area contributed by atoms with E-state index in [0.29, 0.717) is 22.2 Å². The molecule has 1 saturated carbocycles. The van der Waals surface area contributed by atoms with Gasteiger partial charge >= 0.3 is 0 Å². The van der Waals surface area contributed by atoms with Crippen LogP contribution in [-0.4, -0.2) is 35.4 Å². The Morgan fingerprint density at radius 2 is 1.84 bits per heavy atom. The van der Waals surface area contributed by atoms with Crippen molar-refractivity contribution in [3.8, 4) is 0 Å². The van der Waals surface area contributed by atoms with Crippen molar-refractivity contribution in [1.82, 2.24) is 10.2 Å². The van der Waals surface area contributed by atoms with Crippen molar-refractivity contribution in [1.29, 1.82) is 0 Å². The van der Waals surface area contributed by atoms with Crippen LogP contribution in [0.25, 0.3) is 6.08 Å². The normalized spacial score (nSPS) is 22.1. The smallest absolute Gasteiger partial charge is 0.289 e. The van der Waals surface area contributed by atoms with Crippen molar-refractivity contribution in [2.24, 2.45) is 0 Å². The molecule has 0 bridgehead atoms. The van der Waals surface area contributed by atoms with E-state index in [2.05, 4.69) is 5.32 Å². The fraction of sp³-hybridized carbons (Fsp3) is 0.333. The molecule has 2 amide bonds. The largest absolute Gasteiger partial charge is 0.482 e. The van der Waals surface area contributed by atoms with Gasteiger partial charge in [0.25, 0.3) is 5.91 Å². The first kappa shape index (κ1) is 21.7. The second kappa shape index (κ2) is 9.75. The van der Waals surface area contributed by atoms with Gasteiger partial charge in [0.05, 0.1) is 6.04 Å². The first-order chi connectivity index (χ1) is 15.0. The summed E-state index contributed by atoms with van der Waals surface area (Å²) < 4.78 is 6.08. The molecule has 1 N–H and O–H groups in total. The summed E-state index contributed by atoms with van der Waals surface area (Å²) in [6, 6.07) is 14.5. The van der Waals surface area contributed by atoms with Crippen molar-refractivity contribution in [2.45, 2.75) is 44.4 Å². The molecule has 2 fully saturated rings. The zero-order valence-corrected chi connectivity index (χ0v) is 18.5. The van der Waals surface area contributed by atoms with E-state index < -0.39 is 0 Å². The van der Waals surface area contributed by atoms with Gasteiger partial charge in [-0.2, -0.15) is 0 Å². The van der Waals surface area contributed by atoms with E-state index in [1.54, 1.807) is 29.2 Å². The summed E-state index contributed by atoms with van der Waals surface area (Å²) in [5, 5.41) is 4.09. The molecule has 0 spiro atoms. The highest BCUT2D eigenvalue weighted by Gasteiger charge is 2.42. The lowest BCUT2D eigenvalue weighted by Gasteiger charge is -2.44. The monoisotopic (exact) mass is 458 g/mol. The van der Waals surface area contributed by atoms with Crippen LogP contribution in [0.3, 0.4) is 0 Å². The van der Waals surface area contributed by atoms with Crippen LogP contribution >= 0.6 is 23.2 Å². The van der Waals surface area contributed by atoms with E-state index >= 15 is 0 Å². The lowest BCUT2D eigenvalue weighted by Crippen LogP contribution is -2.57. The van der Waals surface area contributed by atoms with Gasteiger partial charge < -0.3 is 15.0 Å². The van der Waals surface area contributed by atoms with Gasteiger partial charge in [-0.05, 0) is 54.7 Å². The third-order valence-electron chi connectivity index (χ3n) is 5.73. The van der Waals surface area contributed by atoms with Gasteiger partial charge in [-0.15, -0.1) is 0 Å². The molecule has 1 aliphatic carbocycles. The SMILES string of the molecule is O=C(CN1C(=O)/C(=C\c2ccccc2Cl)OC2CCCCC21)NCc1ccc(Cl)cc1. The molecule has 162 valence electrons. The lowest BCUT2D eigenvalue weighted by atomic mass is 9.89. The van der Waals surface area contributed by atoms with Gasteiger partial charge in [-0.3, -0.25) is 9.59 Å². The molecule has 2 unspecified atom stereocenters. The number of carbonyl (C=O) groups is 2. The molecule has 2 aliphatic rings. The maximum Gasteiger partial charge on any atom is 0.289 e. The van der Waals surface area contributed by atoms with Gasteiger partial charge in [0.15, 0.2) is 5.76 Å². The highest BCUT2D eigenvalue weighted by atomic mass is 35.5. The van der Waals surface area contributed by atoms with Crippen molar-refractivity contribution in [2.75, 3.05) is 6.54 Å². The number of fused-ring (bicyclic) bond motifs is 1. The van der Waals surface area contributed by atoms with Crippen molar-refractivity contribution < 1.29 is 14.3 Å². The Morgan fingerprint density at radius 3 is 2.61 bits per heavy atom. The highest BCUT2D eigenvalue weighted by molar-refractivity contribution is 6.32. The molecule has 1 saturated heterocycles. The maximum absolute atomic E-state index is 13.2. The molecule has 0 aromatic heterocycles. The Hall–Kier alpha value is -2.50. The molecule has 0 radical (unpaired) electrons. The topological polar surface area (TPSA) is 58.6 Å². The van der Waals surface area contributed by atoms with Crippen LogP contribution in [0.5, 0.6) is 0 Å². The number of hydrogen-bond acceptors (Lipinski definition) is 3. The van der Waals surface area contributed by atoms with Crippen LogP contribution in [0, 0.1) is 0 Å². The summed E-state index contributed by atoms with van der Waals surface area (Å²) in [5.41, 5.74) is 1.66. The molecule has 2 aromatic carbocycles. The van der Waals surface area contributed by atoms with Crippen LogP contribution < -0.4 is 5.32 Å². The molecule has 4 rings (SSSR count). The summed E-state index contributed by atoms with van der Waals surface area (Å²) in [6.07, 6.45) is 5.33. The van der Waals surface area contributed by atoms with Crippen LogP contribution in [0.15, 0.2) is 54.3 Å². The van der Waals surface area contributed by atoms with E-state index in [1.807, 2.05) is 30.3 Å². The first-order valence-electron chi connectivity index (χ1n) is 10.5. The van der Waals surface area contributed by atoms with Crippen LogP contribution in [0.2, 0.25) is 10.0 Å². The Labute approximate surface area is 192 Å². The number of halogens is 2. The van der Waals surface area contributed by atoms with Crippen molar-refractivity contribution in [3.63, 3.8) is 0 Å². The number of ether oxygens (including phenoxy) is 1. The minimum atomic E-state index is -0.273. The zero-order chi connectivity index (χ0) is 21.8. The van der Waals surface area contributed by atoms with E-state index in [9.17, 15) is 9.59 Å². The first-order valence-corrected chi connectivity index (χ1v) is 11.2. The Kier molecular flexibility index (Phi) is 6.83. The molecule has 2 aromatic rings. The number of morpholine rings is 1. The second-order valence-corrected chi connectivity index (χ2v) is 8.72. The van der Waals surface area contributed by atoms with E-state index in [-0.39, 0.29) is 36.3 Å². The van der Waals surface area contributed by atoms with Crippen LogP contribution in [-0.2, 0) is 20.9 Å². The Bertz CT molecular complexity index is 991. The van der Waals surface area contributed by atoms with Crippen molar-refractivity contribution >= 4 is 41.1 Å². The average Bonchev–Trinajstić information content (AvgIpc) is 2.77. The Balaban J connectivity index is 1.49. The minimum Gasteiger partial charge on any atom is -0.482 e. The third kappa shape index (κ3) is 5.23. The second-order valence-electron chi connectivity index (χ2n) is 7.87. The summed E-state index contributed by atoms with van der Waals surface area (Å²) in [5.74, 6) is -0.238. The molecule has 31 heavy (non-hydrogen) atoms. The maximum atomic E-state index is 13.2. The molecular formula is C24H24Cl2N2O3. The summed E-state index contributed by atoms with van der Waals surface area (Å²) >= 11 is 12.2. The van der Waals surface area contributed by atoms with Gasteiger partial charge in [0.1, 0.15) is 12.6 Å². The van der Waals surface area contributed by atoms with Gasteiger partial charge in [-0.1, -0.05) is 60.0 Å². The molecule has 1 aliphatic heterocycles. The average molecular weight is 459 g/mol. The molecule has 7 heteroatoms. The van der Waals surface area contributed by atoms with Crippen LogP contribution in [0.4, 0.5) is 0 Å². The fourth-order valence-corrected chi connectivity index (χ4v) is 4.42. The predicted octanol–water partition coefficient (Wildman–Crippen LogP) is 4.82. The summed E-state index contributed by atoms with van der Waals surface area (Å²) in [4.78, 5) is 27.6. The molecular weight excluding hydrogens is 435 g/mol. The number of benzene rings is 2. The van der Waals surface area contributed by atoms with E-state index in [0.717, 1.165) is 31.2 Å². The van der Waals surface area contributed by atoms with Crippen molar-refractivity contribution in [3.05, 3.63) is 75.5 Å². The standard InChI is InChI=1S/C24H24Cl2N2O3/c25-18-11-9-16(10-12-18)14-27-23(29)15-28-20-7-3-4-8-21(20)31-22(24(28)30)13-17-5-1-2-6-19(17)26/h1-2,5-6,9-13,20-21H,3-4,7-8,14-15H2,(H,27,29)/b22-13+. The summed E-state index contributed by atoms with van der Waals surface area (Å²) in [7, 11) is 0. The van der Waals surface area contributed by atoms with Gasteiger partial charge in [-0.25, -0.2) is 0 Å². The number of nitrogens with zero attached hydrogens (tertiary/aromatic N) is 1.